The maximum Gasteiger partial charge on any atom is 0.268 e. The fraction of sp³-hybridized carbons (Fsp3) is 0.316. The summed E-state index contributed by atoms with van der Waals surface area (Å²) in [4.78, 5) is 11.1. The van der Waals surface area contributed by atoms with Crippen LogP contribution in [0.2, 0.25) is 0 Å². The molecule has 4 N–H and O–H groups in total. The average Bonchev–Trinajstić information content (AvgIpc) is 2.94. The molecule has 2 atom stereocenters. The molecule has 1 heterocycles. The SMILES string of the molecule is COc1ccc(NC(C)=O)cc1S(=O)(=O)N(c1ccc(N)cc1)[C@H]1CS(=O)(=O)C[C@@H]1O. The lowest BCUT2D eigenvalue weighted by Gasteiger charge is -2.32. The zero-order valence-electron chi connectivity index (χ0n) is 16.8. The second-order valence-corrected chi connectivity index (χ2v) is 11.1. The van der Waals surface area contributed by atoms with Gasteiger partial charge in [-0.3, -0.25) is 9.10 Å². The zero-order chi connectivity index (χ0) is 23.0. The summed E-state index contributed by atoms with van der Waals surface area (Å²) in [6.07, 6.45) is -1.43. The number of sulfonamides is 1. The lowest BCUT2D eigenvalue weighted by Crippen LogP contribution is -2.47. The van der Waals surface area contributed by atoms with Crippen molar-refractivity contribution in [3.8, 4) is 5.75 Å². The third-order valence-electron chi connectivity index (χ3n) is 4.76. The average molecular weight is 470 g/mol. The largest absolute Gasteiger partial charge is 0.495 e. The van der Waals surface area contributed by atoms with Crippen molar-refractivity contribution < 1.29 is 31.5 Å². The number of aliphatic hydroxyl groups is 1. The number of carbonyl (C=O) groups is 1. The molecule has 0 bridgehead atoms. The van der Waals surface area contributed by atoms with Gasteiger partial charge >= 0.3 is 0 Å². The number of hydrogen-bond donors (Lipinski definition) is 3. The summed E-state index contributed by atoms with van der Waals surface area (Å²) in [5.41, 5.74) is 6.43. The van der Waals surface area contributed by atoms with Crippen LogP contribution in [0.5, 0.6) is 5.75 Å². The Kier molecular flexibility index (Phi) is 6.16. The number of ether oxygens (including phenoxy) is 1. The van der Waals surface area contributed by atoms with E-state index < -0.39 is 49.4 Å². The summed E-state index contributed by atoms with van der Waals surface area (Å²) in [5, 5.41) is 12.9. The van der Waals surface area contributed by atoms with E-state index in [2.05, 4.69) is 5.32 Å². The fourth-order valence-corrected chi connectivity index (χ4v) is 7.16. The number of carbonyl (C=O) groups excluding carboxylic acids is 1. The lowest BCUT2D eigenvalue weighted by molar-refractivity contribution is -0.114. The van der Waals surface area contributed by atoms with Crippen molar-refractivity contribution in [1.82, 2.24) is 0 Å². The fourth-order valence-electron chi connectivity index (χ4n) is 3.43. The lowest BCUT2D eigenvalue weighted by atomic mass is 10.2. The van der Waals surface area contributed by atoms with E-state index in [4.69, 9.17) is 10.5 Å². The van der Waals surface area contributed by atoms with Gasteiger partial charge in [-0.2, -0.15) is 0 Å². The number of nitrogens with one attached hydrogen (secondary N) is 1. The van der Waals surface area contributed by atoms with Crippen LogP contribution in [0, 0.1) is 0 Å². The molecule has 3 rings (SSSR count). The Labute approximate surface area is 180 Å². The second-order valence-electron chi connectivity index (χ2n) is 7.15. The monoisotopic (exact) mass is 469 g/mol. The predicted molar refractivity (Wildman–Crippen MR) is 116 cm³/mol. The third-order valence-corrected chi connectivity index (χ3v) is 8.34. The Morgan fingerprint density at radius 2 is 1.84 bits per heavy atom. The minimum absolute atomic E-state index is 0.00936. The van der Waals surface area contributed by atoms with E-state index in [1.807, 2.05) is 0 Å². The van der Waals surface area contributed by atoms with Crippen LogP contribution < -0.4 is 20.1 Å². The number of amides is 1. The highest BCUT2D eigenvalue weighted by molar-refractivity contribution is 7.93. The van der Waals surface area contributed by atoms with Gasteiger partial charge in [0, 0.05) is 18.3 Å². The zero-order valence-corrected chi connectivity index (χ0v) is 18.5. The molecule has 1 aliphatic rings. The van der Waals surface area contributed by atoms with Gasteiger partial charge in [0.05, 0.1) is 36.4 Å². The van der Waals surface area contributed by atoms with E-state index in [9.17, 15) is 26.7 Å². The van der Waals surface area contributed by atoms with E-state index in [0.29, 0.717) is 5.69 Å². The minimum atomic E-state index is -4.44. The molecule has 0 unspecified atom stereocenters. The molecule has 1 aliphatic heterocycles. The molecular weight excluding hydrogens is 446 g/mol. The summed E-state index contributed by atoms with van der Waals surface area (Å²) >= 11 is 0. The van der Waals surface area contributed by atoms with Gasteiger partial charge in [-0.05, 0) is 42.5 Å². The van der Waals surface area contributed by atoms with Gasteiger partial charge in [-0.25, -0.2) is 16.8 Å². The van der Waals surface area contributed by atoms with Crippen molar-refractivity contribution in [2.75, 3.05) is 34.0 Å². The molecule has 0 saturated carbocycles. The van der Waals surface area contributed by atoms with Crippen molar-refractivity contribution >= 4 is 42.8 Å². The summed E-state index contributed by atoms with van der Waals surface area (Å²) in [7, 11) is -6.81. The first-order valence-electron chi connectivity index (χ1n) is 9.19. The number of methoxy groups -OCH3 is 1. The summed E-state index contributed by atoms with van der Waals surface area (Å²) in [5.74, 6) is -1.51. The minimum Gasteiger partial charge on any atom is -0.495 e. The summed E-state index contributed by atoms with van der Waals surface area (Å²) in [6, 6.07) is 8.60. The van der Waals surface area contributed by atoms with Crippen molar-refractivity contribution in [1.29, 1.82) is 0 Å². The highest BCUT2D eigenvalue weighted by Crippen LogP contribution is 2.36. The molecule has 1 saturated heterocycles. The predicted octanol–water partition coefficient (Wildman–Crippen LogP) is 0.589. The molecule has 31 heavy (non-hydrogen) atoms. The molecule has 1 fully saturated rings. The first kappa shape index (κ1) is 22.8. The topological polar surface area (TPSA) is 156 Å². The molecule has 0 aliphatic carbocycles. The third kappa shape index (κ3) is 4.75. The van der Waals surface area contributed by atoms with E-state index >= 15 is 0 Å². The maximum atomic E-state index is 13.8. The van der Waals surface area contributed by atoms with Gasteiger partial charge in [0.15, 0.2) is 9.84 Å². The number of benzene rings is 2. The molecule has 1 amide bonds. The number of nitrogens with zero attached hydrogens (tertiary/aromatic N) is 1. The summed E-state index contributed by atoms with van der Waals surface area (Å²) < 4.78 is 57.9. The van der Waals surface area contributed by atoms with Gasteiger partial charge in [-0.15, -0.1) is 0 Å². The Hall–Kier alpha value is -2.83. The number of hydrogen-bond acceptors (Lipinski definition) is 8. The summed E-state index contributed by atoms with van der Waals surface area (Å²) in [6.45, 7) is 1.28. The standard InChI is InChI=1S/C19H23N3O7S2/c1-12(23)21-14-5-8-18(29-2)19(9-14)31(27,28)22(15-6-3-13(20)4-7-15)16-10-30(25,26)11-17(16)24/h3-9,16-17,24H,10-11,20H2,1-2H3,(H,21,23)/t16-,17-/m0/s1. The Morgan fingerprint density at radius 1 is 1.19 bits per heavy atom. The molecule has 10 nitrogen and oxygen atoms in total. The van der Waals surface area contributed by atoms with Crippen LogP contribution in [-0.4, -0.2) is 58.6 Å². The molecule has 0 radical (unpaired) electrons. The van der Waals surface area contributed by atoms with E-state index in [0.717, 1.165) is 4.31 Å². The molecular formula is C19H23N3O7S2. The van der Waals surface area contributed by atoms with Gasteiger partial charge in [-0.1, -0.05) is 0 Å². The number of anilines is 3. The van der Waals surface area contributed by atoms with Gasteiger partial charge in [0.1, 0.15) is 10.6 Å². The highest BCUT2D eigenvalue weighted by Gasteiger charge is 2.45. The number of rotatable bonds is 6. The van der Waals surface area contributed by atoms with Gasteiger partial charge in [0.2, 0.25) is 5.91 Å². The number of aliphatic hydroxyl groups excluding tert-OH is 1. The Balaban J connectivity index is 2.21. The van der Waals surface area contributed by atoms with Crippen LogP contribution in [0.3, 0.4) is 0 Å². The van der Waals surface area contributed by atoms with E-state index in [-0.39, 0.29) is 22.0 Å². The van der Waals surface area contributed by atoms with Crippen molar-refractivity contribution in [3.63, 3.8) is 0 Å². The molecule has 0 spiro atoms. The van der Waals surface area contributed by atoms with E-state index in [1.54, 1.807) is 0 Å². The first-order chi connectivity index (χ1) is 14.4. The molecule has 0 aromatic heterocycles. The van der Waals surface area contributed by atoms with Crippen molar-refractivity contribution in [2.45, 2.75) is 24.0 Å². The highest BCUT2D eigenvalue weighted by atomic mass is 32.2. The second kappa shape index (κ2) is 8.36. The smallest absolute Gasteiger partial charge is 0.268 e. The molecule has 12 heteroatoms. The first-order valence-corrected chi connectivity index (χ1v) is 12.4. The molecule has 168 valence electrons. The number of nitrogen functional groups attached to an aromatic ring is 1. The Bertz CT molecular complexity index is 1200. The van der Waals surface area contributed by atoms with Crippen LogP contribution in [0.25, 0.3) is 0 Å². The van der Waals surface area contributed by atoms with Crippen LogP contribution in [-0.2, 0) is 24.7 Å². The van der Waals surface area contributed by atoms with Gasteiger partial charge in [0.25, 0.3) is 10.0 Å². The Morgan fingerprint density at radius 3 is 2.35 bits per heavy atom. The molecule has 2 aromatic carbocycles. The van der Waals surface area contributed by atoms with E-state index in [1.165, 1.54) is 56.5 Å². The van der Waals surface area contributed by atoms with Crippen molar-refractivity contribution in [3.05, 3.63) is 42.5 Å². The number of nitrogens with two attached hydrogens (primary N) is 1. The van der Waals surface area contributed by atoms with Crippen LogP contribution in [0.1, 0.15) is 6.92 Å². The van der Waals surface area contributed by atoms with Crippen molar-refractivity contribution in [2.24, 2.45) is 0 Å². The number of sulfone groups is 1. The van der Waals surface area contributed by atoms with Crippen LogP contribution in [0.15, 0.2) is 47.4 Å². The molecule has 2 aromatic rings. The maximum absolute atomic E-state index is 13.8. The van der Waals surface area contributed by atoms with Gasteiger partial charge < -0.3 is 20.9 Å². The quantitative estimate of drug-likeness (QED) is 0.519. The normalized spacial score (nSPS) is 20.2. The van der Waals surface area contributed by atoms with Crippen LogP contribution in [0.4, 0.5) is 17.1 Å². The van der Waals surface area contributed by atoms with Crippen LogP contribution >= 0.6 is 0 Å².